The van der Waals surface area contributed by atoms with Gasteiger partial charge in [-0.25, -0.2) is 18.2 Å². The maximum absolute atomic E-state index is 12.5. The van der Waals surface area contributed by atoms with E-state index in [2.05, 4.69) is 25.3 Å². The number of aromatic hydroxyl groups is 1. The Kier molecular flexibility index (Phi) is 7.77. The molecule has 37 heavy (non-hydrogen) atoms. The molecule has 3 aromatic rings. The fraction of sp³-hybridized carbons (Fsp3) is 0.240. The van der Waals surface area contributed by atoms with E-state index in [1.54, 1.807) is 12.1 Å². The summed E-state index contributed by atoms with van der Waals surface area (Å²) in [5, 5.41) is 30.8. The van der Waals surface area contributed by atoms with Crippen LogP contribution in [0.5, 0.6) is 5.75 Å². The Morgan fingerprint density at radius 2 is 1.70 bits per heavy atom. The Hall–Kier alpha value is -4.32. The molecule has 1 amide bonds. The second-order valence-electron chi connectivity index (χ2n) is 8.55. The molecule has 0 spiro atoms. The summed E-state index contributed by atoms with van der Waals surface area (Å²) in [5.74, 6) is -2.01. The van der Waals surface area contributed by atoms with Gasteiger partial charge in [0.2, 0.25) is 5.91 Å². The van der Waals surface area contributed by atoms with Crippen LogP contribution < -0.4 is 10.0 Å². The van der Waals surface area contributed by atoms with E-state index in [4.69, 9.17) is 0 Å². The number of phenols is 1. The average molecular weight is 524 g/mol. The third-order valence-corrected chi connectivity index (χ3v) is 7.18. The van der Waals surface area contributed by atoms with Crippen molar-refractivity contribution in [2.45, 2.75) is 43.0 Å². The summed E-state index contributed by atoms with van der Waals surface area (Å²) >= 11 is 0. The highest BCUT2D eigenvalue weighted by molar-refractivity contribution is 7.92. The van der Waals surface area contributed by atoms with Crippen molar-refractivity contribution in [1.82, 2.24) is 10.3 Å². The lowest BCUT2D eigenvalue weighted by Gasteiger charge is -2.13. The van der Waals surface area contributed by atoms with Crippen LogP contribution in [0.3, 0.4) is 0 Å². The van der Waals surface area contributed by atoms with Gasteiger partial charge in [-0.2, -0.15) is 10.2 Å². The molecule has 1 aromatic heterocycles. The second kappa shape index (κ2) is 11.2. The number of benzene rings is 2. The van der Waals surface area contributed by atoms with Crippen molar-refractivity contribution in [3.05, 3.63) is 71.9 Å². The number of hydrogen-bond donors (Lipinski definition) is 4. The number of nitrogens with zero attached hydrogens (tertiary/aromatic N) is 3. The lowest BCUT2D eigenvalue weighted by molar-refractivity contribution is -0.121. The van der Waals surface area contributed by atoms with Crippen LogP contribution in [0, 0.1) is 0 Å². The minimum atomic E-state index is -3.86. The molecule has 11 nitrogen and oxygen atoms in total. The third-order valence-electron chi connectivity index (χ3n) is 5.81. The number of hydrogen-bond acceptors (Lipinski definition) is 8. The van der Waals surface area contributed by atoms with E-state index in [0.717, 1.165) is 31.7 Å². The van der Waals surface area contributed by atoms with Gasteiger partial charge in [0.05, 0.1) is 22.7 Å². The highest BCUT2D eigenvalue weighted by Crippen LogP contribution is 2.31. The summed E-state index contributed by atoms with van der Waals surface area (Å²) in [6.07, 6.45) is 5.14. The van der Waals surface area contributed by atoms with Crippen molar-refractivity contribution < 1.29 is 28.2 Å². The van der Waals surface area contributed by atoms with Crippen LogP contribution in [0.25, 0.3) is 0 Å². The molecule has 12 heteroatoms. The predicted molar refractivity (Wildman–Crippen MR) is 135 cm³/mol. The van der Waals surface area contributed by atoms with Crippen molar-refractivity contribution in [3.8, 4) is 5.75 Å². The molecule has 0 radical (unpaired) electrons. The molecular formula is C25H25N5O6S. The number of azo groups is 1. The number of pyridine rings is 1. The van der Waals surface area contributed by atoms with Crippen LogP contribution in [0.1, 0.15) is 41.6 Å². The summed E-state index contributed by atoms with van der Waals surface area (Å²) in [5.41, 5.74) is 0.142. The van der Waals surface area contributed by atoms with Gasteiger partial charge in [-0.1, -0.05) is 18.9 Å². The molecule has 1 fully saturated rings. The summed E-state index contributed by atoms with van der Waals surface area (Å²) in [6.45, 7) is 0. The Bertz CT molecular complexity index is 1420. The van der Waals surface area contributed by atoms with Crippen molar-refractivity contribution >= 4 is 39.1 Å². The number of carboxylic acid groups (broad SMARTS) is 1. The van der Waals surface area contributed by atoms with Gasteiger partial charge in [0.15, 0.2) is 0 Å². The van der Waals surface area contributed by atoms with Gasteiger partial charge in [-0.15, -0.1) is 0 Å². The first kappa shape index (κ1) is 25.8. The molecular weight excluding hydrogens is 498 g/mol. The molecule has 0 atom stereocenters. The predicted octanol–water partition coefficient (Wildman–Crippen LogP) is 4.30. The summed E-state index contributed by atoms with van der Waals surface area (Å²) in [6, 6.07) is 13.0. The summed E-state index contributed by atoms with van der Waals surface area (Å²) < 4.78 is 27.5. The van der Waals surface area contributed by atoms with E-state index in [-0.39, 0.29) is 40.3 Å². The number of aromatic nitrogens is 1. The van der Waals surface area contributed by atoms with Crippen molar-refractivity contribution in [2.24, 2.45) is 10.2 Å². The molecule has 0 aliphatic heterocycles. The zero-order chi connectivity index (χ0) is 26.4. The molecule has 0 saturated heterocycles. The first-order chi connectivity index (χ1) is 17.7. The number of amides is 1. The Morgan fingerprint density at radius 3 is 2.35 bits per heavy atom. The number of carbonyl (C=O) groups is 2. The number of aromatic carboxylic acids is 1. The first-order valence-corrected chi connectivity index (χ1v) is 13.0. The van der Waals surface area contributed by atoms with Crippen molar-refractivity contribution in [1.29, 1.82) is 0 Å². The maximum atomic E-state index is 12.5. The minimum absolute atomic E-state index is 0.00883. The largest absolute Gasteiger partial charge is 0.507 e. The Morgan fingerprint density at radius 1 is 1.00 bits per heavy atom. The minimum Gasteiger partial charge on any atom is -0.507 e. The van der Waals surface area contributed by atoms with Gasteiger partial charge in [-0.05, 0) is 61.4 Å². The lowest BCUT2D eigenvalue weighted by atomic mass is 10.0. The van der Waals surface area contributed by atoms with E-state index in [0.29, 0.717) is 5.69 Å². The van der Waals surface area contributed by atoms with Crippen LogP contribution >= 0.6 is 0 Å². The van der Waals surface area contributed by atoms with Gasteiger partial charge in [-0.3, -0.25) is 9.52 Å². The summed E-state index contributed by atoms with van der Waals surface area (Å²) in [4.78, 5) is 28.0. The smallest absolute Gasteiger partial charge is 0.339 e. The zero-order valence-electron chi connectivity index (χ0n) is 19.7. The number of nitrogens with one attached hydrogen (secondary N) is 2. The maximum Gasteiger partial charge on any atom is 0.339 e. The van der Waals surface area contributed by atoms with Gasteiger partial charge in [0.1, 0.15) is 17.1 Å². The van der Waals surface area contributed by atoms with E-state index < -0.39 is 27.3 Å². The lowest BCUT2D eigenvalue weighted by Crippen LogP contribution is -2.33. The molecule has 192 valence electrons. The molecule has 4 N–H and O–H groups in total. The molecule has 0 bridgehead atoms. The van der Waals surface area contributed by atoms with Gasteiger partial charge >= 0.3 is 5.97 Å². The number of carboxylic acids is 1. The van der Waals surface area contributed by atoms with Crippen molar-refractivity contribution in [3.63, 3.8) is 0 Å². The second-order valence-corrected chi connectivity index (χ2v) is 10.2. The van der Waals surface area contributed by atoms with Gasteiger partial charge < -0.3 is 15.5 Å². The SMILES string of the molecule is O=C(Cc1cc(N=Nc2ccc(S(=O)(=O)Nc3ccccn3)cc2)cc(C(=O)O)c1O)NC1CCCC1. The highest BCUT2D eigenvalue weighted by Gasteiger charge is 2.21. The molecule has 1 heterocycles. The average Bonchev–Trinajstić information content (AvgIpc) is 3.37. The monoisotopic (exact) mass is 523 g/mol. The van der Waals surface area contributed by atoms with E-state index in [9.17, 15) is 28.2 Å². The molecule has 1 aliphatic rings. The number of carbonyl (C=O) groups excluding carboxylic acids is 1. The van der Waals surface area contributed by atoms with E-state index >= 15 is 0 Å². The summed E-state index contributed by atoms with van der Waals surface area (Å²) in [7, 11) is -3.86. The third kappa shape index (κ3) is 6.67. The molecule has 4 rings (SSSR count). The normalized spacial score (nSPS) is 14.1. The van der Waals surface area contributed by atoms with Gasteiger partial charge in [0, 0.05) is 17.8 Å². The number of anilines is 1. The van der Waals surface area contributed by atoms with Crippen LogP contribution in [-0.4, -0.2) is 41.5 Å². The van der Waals surface area contributed by atoms with E-state index in [1.807, 2.05) is 0 Å². The van der Waals surface area contributed by atoms with Gasteiger partial charge in [0.25, 0.3) is 10.0 Å². The molecule has 0 unspecified atom stereocenters. The quantitative estimate of drug-likeness (QED) is 0.303. The van der Waals surface area contributed by atoms with Crippen LogP contribution in [0.15, 0.2) is 75.9 Å². The van der Waals surface area contributed by atoms with Crippen LogP contribution in [0.4, 0.5) is 17.2 Å². The van der Waals surface area contributed by atoms with E-state index in [1.165, 1.54) is 42.6 Å². The van der Waals surface area contributed by atoms with Crippen LogP contribution in [-0.2, 0) is 21.2 Å². The molecule has 2 aromatic carbocycles. The van der Waals surface area contributed by atoms with Crippen LogP contribution in [0.2, 0.25) is 0 Å². The molecule has 1 aliphatic carbocycles. The first-order valence-electron chi connectivity index (χ1n) is 11.6. The fourth-order valence-corrected chi connectivity index (χ4v) is 4.99. The zero-order valence-corrected chi connectivity index (χ0v) is 20.5. The fourth-order valence-electron chi connectivity index (χ4n) is 3.98. The topological polar surface area (TPSA) is 170 Å². The number of sulfonamides is 1. The molecule has 1 saturated carbocycles. The standard InChI is InChI=1S/C25H25N5O6S/c31-23(27-17-5-1-2-6-17)14-16-13-19(15-21(24(16)32)25(33)34)29-28-18-8-10-20(11-9-18)37(35,36)30-22-7-3-4-12-26-22/h3-4,7-13,15,17,32H,1-2,5-6,14H2,(H,26,30)(H,27,31)(H,33,34). The Balaban J connectivity index is 1.51. The van der Waals surface area contributed by atoms with Crippen molar-refractivity contribution in [2.75, 3.05) is 4.72 Å². The Labute approximate surface area is 213 Å². The number of rotatable bonds is 9. The highest BCUT2D eigenvalue weighted by atomic mass is 32.2.